The fourth-order valence-electron chi connectivity index (χ4n) is 1.77. The number of halogens is 1. The van der Waals surface area contributed by atoms with Gasteiger partial charge in [0, 0.05) is 19.1 Å². The van der Waals surface area contributed by atoms with Gasteiger partial charge in [0.05, 0.1) is 0 Å². The highest BCUT2D eigenvalue weighted by Crippen LogP contribution is 2.10. The van der Waals surface area contributed by atoms with E-state index in [1.165, 1.54) is 25.7 Å². The van der Waals surface area contributed by atoms with E-state index in [9.17, 15) is 0 Å². The van der Waals surface area contributed by atoms with Crippen LogP contribution in [-0.2, 0) is 9.47 Å². The van der Waals surface area contributed by atoms with Crippen molar-refractivity contribution in [2.24, 2.45) is 0 Å². The third kappa shape index (κ3) is 12.4. The zero-order valence-corrected chi connectivity index (χ0v) is 12.8. The normalized spacial score (nSPS) is 11.8. The highest BCUT2D eigenvalue weighted by atomic mass is 35.5. The first-order valence-electron chi connectivity index (χ1n) is 7.29. The first kappa shape index (κ1) is 17.9. The van der Waals surface area contributed by atoms with Crippen LogP contribution in [0.5, 0.6) is 0 Å². The van der Waals surface area contributed by atoms with Crippen molar-refractivity contribution in [2.75, 3.05) is 19.1 Å². The third-order valence-corrected chi connectivity index (χ3v) is 2.95. The molecule has 0 N–H and O–H groups in total. The van der Waals surface area contributed by atoms with E-state index in [4.69, 9.17) is 21.1 Å². The summed E-state index contributed by atoms with van der Waals surface area (Å²) in [7, 11) is 0. The summed E-state index contributed by atoms with van der Waals surface area (Å²) in [5, 5.41) is 0. The molecule has 0 aliphatic rings. The van der Waals surface area contributed by atoms with E-state index >= 15 is 0 Å². The minimum absolute atomic E-state index is 0.000682. The summed E-state index contributed by atoms with van der Waals surface area (Å²) < 4.78 is 11.0. The molecule has 0 rings (SSSR count). The Bertz CT molecular complexity index is 177. The van der Waals surface area contributed by atoms with E-state index < -0.39 is 0 Å². The van der Waals surface area contributed by atoms with Crippen LogP contribution >= 0.6 is 11.6 Å². The Morgan fingerprint density at radius 1 is 0.889 bits per heavy atom. The fraction of sp³-hybridized carbons (Fsp3) is 0.867. The zero-order chi connectivity index (χ0) is 13.5. The molecular weight excluding hydrogens is 248 g/mol. The molecule has 0 aromatic carbocycles. The van der Waals surface area contributed by atoms with Crippen LogP contribution in [0.4, 0.5) is 0 Å². The van der Waals surface area contributed by atoms with Crippen molar-refractivity contribution >= 4 is 11.6 Å². The van der Waals surface area contributed by atoms with Gasteiger partial charge in [-0.15, -0.1) is 11.6 Å². The van der Waals surface area contributed by atoms with Gasteiger partial charge in [-0.25, -0.2) is 0 Å². The predicted molar refractivity (Wildman–Crippen MR) is 79.2 cm³/mol. The van der Waals surface area contributed by atoms with Crippen LogP contribution < -0.4 is 0 Å². The minimum Gasteiger partial charge on any atom is -0.353 e. The fourth-order valence-corrected chi connectivity index (χ4v) is 1.92. The van der Waals surface area contributed by atoms with E-state index in [0.717, 1.165) is 38.4 Å². The van der Waals surface area contributed by atoms with E-state index in [1.54, 1.807) is 0 Å². The van der Waals surface area contributed by atoms with Gasteiger partial charge in [0.15, 0.2) is 6.29 Å². The Balaban J connectivity index is 3.34. The van der Waals surface area contributed by atoms with Crippen molar-refractivity contribution in [1.82, 2.24) is 0 Å². The highest BCUT2D eigenvalue weighted by Gasteiger charge is 2.06. The van der Waals surface area contributed by atoms with Crippen molar-refractivity contribution in [2.45, 2.75) is 65.1 Å². The molecule has 0 fully saturated rings. The monoisotopic (exact) mass is 276 g/mol. The van der Waals surface area contributed by atoms with E-state index in [2.05, 4.69) is 12.2 Å². The minimum atomic E-state index is -0.000682. The van der Waals surface area contributed by atoms with Gasteiger partial charge in [-0.1, -0.05) is 18.6 Å². The van der Waals surface area contributed by atoms with Gasteiger partial charge >= 0.3 is 0 Å². The summed E-state index contributed by atoms with van der Waals surface area (Å²) in [6.45, 7) is 5.48. The summed E-state index contributed by atoms with van der Waals surface area (Å²) in [6, 6.07) is 0. The smallest absolute Gasteiger partial charge is 0.157 e. The average molecular weight is 277 g/mol. The maximum Gasteiger partial charge on any atom is 0.157 e. The van der Waals surface area contributed by atoms with Crippen LogP contribution in [0, 0.1) is 0 Å². The predicted octanol–water partition coefficient (Wildman–Crippen LogP) is 4.91. The number of hydrogen-bond donors (Lipinski definition) is 0. The maximum absolute atomic E-state index is 5.61. The van der Waals surface area contributed by atoms with Crippen molar-refractivity contribution in [3.8, 4) is 0 Å². The number of allylic oxidation sites excluding steroid dienone is 2. The van der Waals surface area contributed by atoms with Crippen LogP contribution in [0.1, 0.15) is 58.8 Å². The SMILES string of the molecule is CCOC(CCCCC/C=C\CCCCl)OCC. The molecule has 0 radical (unpaired) electrons. The van der Waals surface area contributed by atoms with Crippen LogP contribution in [0.3, 0.4) is 0 Å². The van der Waals surface area contributed by atoms with E-state index in [-0.39, 0.29) is 6.29 Å². The van der Waals surface area contributed by atoms with Gasteiger partial charge in [-0.2, -0.15) is 0 Å². The Labute approximate surface area is 118 Å². The van der Waals surface area contributed by atoms with Crippen molar-refractivity contribution in [3.05, 3.63) is 12.2 Å². The largest absolute Gasteiger partial charge is 0.353 e. The molecule has 18 heavy (non-hydrogen) atoms. The van der Waals surface area contributed by atoms with E-state index in [0.29, 0.717) is 0 Å². The van der Waals surface area contributed by atoms with Crippen molar-refractivity contribution in [3.63, 3.8) is 0 Å². The molecule has 2 nitrogen and oxygen atoms in total. The van der Waals surface area contributed by atoms with Crippen LogP contribution in [0.15, 0.2) is 12.2 Å². The number of rotatable bonds is 13. The topological polar surface area (TPSA) is 18.5 Å². The van der Waals surface area contributed by atoms with E-state index in [1.807, 2.05) is 13.8 Å². The molecule has 0 bridgehead atoms. The molecule has 0 aromatic heterocycles. The molecule has 0 saturated heterocycles. The van der Waals surface area contributed by atoms with Crippen LogP contribution in [0.25, 0.3) is 0 Å². The van der Waals surface area contributed by atoms with Gasteiger partial charge in [0.25, 0.3) is 0 Å². The van der Waals surface area contributed by atoms with Gasteiger partial charge in [-0.3, -0.25) is 0 Å². The second kappa shape index (κ2) is 15.0. The molecule has 0 spiro atoms. The van der Waals surface area contributed by atoms with Gasteiger partial charge in [0.2, 0.25) is 0 Å². The molecule has 108 valence electrons. The molecule has 0 atom stereocenters. The standard InChI is InChI=1S/C15H29ClO2/c1-3-17-15(18-4-2)13-11-9-7-5-6-8-10-12-14-16/h6,8,15H,3-5,7,9-14H2,1-2H3/b8-6-. The van der Waals surface area contributed by atoms with Crippen molar-refractivity contribution < 1.29 is 9.47 Å². The molecule has 0 aliphatic heterocycles. The third-order valence-electron chi connectivity index (χ3n) is 2.69. The maximum atomic E-state index is 5.61. The van der Waals surface area contributed by atoms with Crippen molar-refractivity contribution in [1.29, 1.82) is 0 Å². The van der Waals surface area contributed by atoms with Crippen LogP contribution in [-0.4, -0.2) is 25.4 Å². The summed E-state index contributed by atoms with van der Waals surface area (Å²) in [6.07, 6.45) is 12.6. The molecule has 3 heteroatoms. The number of hydrogen-bond acceptors (Lipinski definition) is 2. The lowest BCUT2D eigenvalue weighted by molar-refractivity contribution is -0.140. The lowest BCUT2D eigenvalue weighted by Crippen LogP contribution is -2.17. The first-order valence-corrected chi connectivity index (χ1v) is 7.82. The summed E-state index contributed by atoms with van der Waals surface area (Å²) in [5.74, 6) is 0.764. The average Bonchev–Trinajstić information content (AvgIpc) is 2.37. The molecule has 0 aromatic rings. The lowest BCUT2D eigenvalue weighted by Gasteiger charge is -2.16. The number of ether oxygens (including phenoxy) is 2. The first-order chi connectivity index (χ1) is 8.85. The summed E-state index contributed by atoms with van der Waals surface area (Å²) in [4.78, 5) is 0. The molecular formula is C15H29ClO2. The zero-order valence-electron chi connectivity index (χ0n) is 12.0. The number of unbranched alkanes of at least 4 members (excludes halogenated alkanes) is 4. The van der Waals surface area contributed by atoms with Gasteiger partial charge < -0.3 is 9.47 Å². The Kier molecular flexibility index (Phi) is 15.0. The quantitative estimate of drug-likeness (QED) is 0.206. The second-order valence-electron chi connectivity index (χ2n) is 4.28. The second-order valence-corrected chi connectivity index (χ2v) is 4.66. The highest BCUT2D eigenvalue weighted by molar-refractivity contribution is 6.17. The Morgan fingerprint density at radius 3 is 2.06 bits per heavy atom. The molecule has 0 heterocycles. The van der Waals surface area contributed by atoms with Crippen LogP contribution in [0.2, 0.25) is 0 Å². The Morgan fingerprint density at radius 2 is 1.50 bits per heavy atom. The molecule has 0 aliphatic carbocycles. The summed E-state index contributed by atoms with van der Waals surface area (Å²) in [5.41, 5.74) is 0. The van der Waals surface area contributed by atoms with Gasteiger partial charge in [-0.05, 0) is 52.4 Å². The molecule has 0 amide bonds. The molecule has 0 unspecified atom stereocenters. The lowest BCUT2D eigenvalue weighted by atomic mass is 10.1. The molecule has 0 saturated carbocycles. The number of alkyl halides is 1. The van der Waals surface area contributed by atoms with Gasteiger partial charge in [0.1, 0.15) is 0 Å². The summed E-state index contributed by atoms with van der Waals surface area (Å²) >= 11 is 5.61. The Hall–Kier alpha value is -0.0500.